The van der Waals surface area contributed by atoms with Gasteiger partial charge in [-0.1, -0.05) is 42.7 Å². The standard InChI is InChI=1S/C27H26F4IN3O/c1-17-5-4-6-18(11-17)15-26(24-10-9-22(32)16-33-24,35-25(36)34-23-7-2-3-8-23)19-12-20(27(29,30)31)14-21(28)13-19/h4-6,9-14,16,23H,2-3,7-8,15H2,1H3,(H2,34,35,36)/t26-/m1/s1. The van der Waals surface area contributed by atoms with Crippen molar-refractivity contribution in [3.8, 4) is 0 Å². The van der Waals surface area contributed by atoms with Gasteiger partial charge in [0, 0.05) is 22.2 Å². The number of hydrogen-bond donors (Lipinski definition) is 2. The number of carbonyl (C=O) groups is 1. The van der Waals surface area contributed by atoms with Crippen molar-refractivity contribution >= 4 is 28.6 Å². The minimum absolute atomic E-state index is 0.0235. The highest BCUT2D eigenvalue weighted by atomic mass is 127. The molecule has 0 spiro atoms. The number of amides is 2. The van der Waals surface area contributed by atoms with Crippen LogP contribution in [0.2, 0.25) is 0 Å². The topological polar surface area (TPSA) is 54.0 Å². The molecule has 1 aliphatic carbocycles. The number of nitrogens with one attached hydrogen (secondary N) is 2. The first-order valence-electron chi connectivity index (χ1n) is 11.7. The van der Waals surface area contributed by atoms with Crippen LogP contribution in [0.1, 0.15) is 53.6 Å². The Morgan fingerprint density at radius 1 is 1.06 bits per heavy atom. The van der Waals surface area contributed by atoms with Crippen molar-refractivity contribution in [3.05, 3.63) is 98.1 Å². The zero-order chi connectivity index (χ0) is 25.9. The number of rotatable bonds is 6. The van der Waals surface area contributed by atoms with Gasteiger partial charge < -0.3 is 10.6 Å². The molecule has 0 bridgehead atoms. The van der Waals surface area contributed by atoms with E-state index in [0.29, 0.717) is 11.8 Å². The summed E-state index contributed by atoms with van der Waals surface area (Å²) in [5.74, 6) is -1.04. The van der Waals surface area contributed by atoms with Gasteiger partial charge in [-0.2, -0.15) is 13.2 Å². The molecule has 2 aromatic carbocycles. The molecule has 9 heteroatoms. The maximum Gasteiger partial charge on any atom is 0.416 e. The summed E-state index contributed by atoms with van der Waals surface area (Å²) in [6, 6.07) is 12.7. The van der Waals surface area contributed by atoms with E-state index in [-0.39, 0.29) is 18.0 Å². The van der Waals surface area contributed by atoms with E-state index >= 15 is 0 Å². The van der Waals surface area contributed by atoms with E-state index < -0.39 is 29.1 Å². The second-order valence-corrected chi connectivity index (χ2v) is 10.5. The lowest BCUT2D eigenvalue weighted by molar-refractivity contribution is -0.137. The Labute approximate surface area is 221 Å². The van der Waals surface area contributed by atoms with E-state index in [1.54, 1.807) is 18.3 Å². The summed E-state index contributed by atoms with van der Waals surface area (Å²) in [5.41, 5.74) is -0.717. The van der Waals surface area contributed by atoms with E-state index in [0.717, 1.165) is 52.5 Å². The molecule has 1 atom stereocenters. The fourth-order valence-electron chi connectivity index (χ4n) is 4.76. The Morgan fingerprint density at radius 3 is 2.42 bits per heavy atom. The van der Waals surface area contributed by atoms with Crippen molar-refractivity contribution in [3.63, 3.8) is 0 Å². The number of aryl methyl sites for hydroxylation is 1. The molecule has 4 rings (SSSR count). The van der Waals surface area contributed by atoms with Gasteiger partial charge in [0.05, 0.1) is 11.3 Å². The molecule has 1 aliphatic rings. The summed E-state index contributed by atoms with van der Waals surface area (Å²) in [6.07, 6.45) is 0.532. The zero-order valence-corrected chi connectivity index (χ0v) is 21.8. The number of pyridine rings is 1. The van der Waals surface area contributed by atoms with E-state index in [2.05, 4.69) is 38.2 Å². The number of urea groups is 1. The Hall–Kier alpha value is -2.69. The first-order chi connectivity index (χ1) is 17.0. The lowest BCUT2D eigenvalue weighted by Crippen LogP contribution is -2.54. The third-order valence-electron chi connectivity index (χ3n) is 6.45. The molecule has 0 radical (unpaired) electrons. The highest BCUT2D eigenvalue weighted by Crippen LogP contribution is 2.38. The maximum atomic E-state index is 14.7. The van der Waals surface area contributed by atoms with Crippen LogP contribution in [0.25, 0.3) is 0 Å². The SMILES string of the molecule is Cc1cccc(C[C@@](NC(=O)NC2CCCC2)(c2cc(F)cc(C(F)(F)F)c2)c2ccc(I)cn2)c1. The van der Waals surface area contributed by atoms with Gasteiger partial charge in [0.2, 0.25) is 0 Å². The number of halogens is 5. The lowest BCUT2D eigenvalue weighted by Gasteiger charge is -2.36. The van der Waals surface area contributed by atoms with Crippen LogP contribution in [0.4, 0.5) is 22.4 Å². The molecule has 1 heterocycles. The third kappa shape index (κ3) is 6.16. The second kappa shape index (κ2) is 10.7. The highest BCUT2D eigenvalue weighted by molar-refractivity contribution is 14.1. The first-order valence-corrected chi connectivity index (χ1v) is 12.8. The quantitative estimate of drug-likeness (QED) is 0.236. The normalized spacial score (nSPS) is 15.9. The Morgan fingerprint density at radius 2 is 1.78 bits per heavy atom. The molecule has 3 aromatic rings. The van der Waals surface area contributed by atoms with Crippen LogP contribution >= 0.6 is 22.6 Å². The van der Waals surface area contributed by atoms with Gasteiger partial charge in [0.25, 0.3) is 0 Å². The fraction of sp³-hybridized carbons (Fsp3) is 0.333. The number of aromatic nitrogens is 1. The Bertz CT molecular complexity index is 1230. The summed E-state index contributed by atoms with van der Waals surface area (Å²) in [6.45, 7) is 1.90. The third-order valence-corrected chi connectivity index (χ3v) is 7.09. The zero-order valence-electron chi connectivity index (χ0n) is 19.6. The van der Waals surface area contributed by atoms with Crippen LogP contribution in [0.3, 0.4) is 0 Å². The molecule has 2 amide bonds. The molecule has 190 valence electrons. The Balaban J connectivity index is 1.90. The van der Waals surface area contributed by atoms with Crippen LogP contribution in [-0.2, 0) is 18.1 Å². The number of hydrogen-bond acceptors (Lipinski definition) is 2. The molecule has 0 saturated heterocycles. The summed E-state index contributed by atoms with van der Waals surface area (Å²) in [4.78, 5) is 17.8. The predicted octanol–water partition coefficient (Wildman–Crippen LogP) is 6.88. The van der Waals surface area contributed by atoms with Crippen molar-refractivity contribution in [1.82, 2.24) is 15.6 Å². The molecular weight excluding hydrogens is 585 g/mol. The van der Waals surface area contributed by atoms with Gasteiger partial charge in [-0.05, 0) is 83.8 Å². The number of benzene rings is 2. The fourth-order valence-corrected chi connectivity index (χ4v) is 5.08. The van der Waals surface area contributed by atoms with Gasteiger partial charge in [-0.25, -0.2) is 9.18 Å². The van der Waals surface area contributed by atoms with E-state index in [9.17, 15) is 22.4 Å². The van der Waals surface area contributed by atoms with Gasteiger partial charge in [-0.15, -0.1) is 0 Å². The van der Waals surface area contributed by atoms with E-state index in [1.165, 1.54) is 0 Å². The first kappa shape index (κ1) is 26.4. The highest BCUT2D eigenvalue weighted by Gasteiger charge is 2.41. The summed E-state index contributed by atoms with van der Waals surface area (Å²) in [5, 5.41) is 5.88. The van der Waals surface area contributed by atoms with Crippen LogP contribution < -0.4 is 10.6 Å². The minimum atomic E-state index is -4.77. The lowest BCUT2D eigenvalue weighted by atomic mass is 9.79. The van der Waals surface area contributed by atoms with Gasteiger partial charge in [0.1, 0.15) is 11.4 Å². The van der Waals surface area contributed by atoms with Crippen molar-refractivity contribution in [2.45, 2.75) is 56.8 Å². The smallest absolute Gasteiger partial charge is 0.335 e. The molecule has 1 saturated carbocycles. The van der Waals surface area contributed by atoms with Gasteiger partial charge >= 0.3 is 12.2 Å². The van der Waals surface area contributed by atoms with Crippen molar-refractivity contribution in [2.75, 3.05) is 0 Å². The van der Waals surface area contributed by atoms with Crippen LogP contribution in [-0.4, -0.2) is 17.1 Å². The second-order valence-electron chi connectivity index (χ2n) is 9.24. The molecule has 1 aromatic heterocycles. The molecule has 1 fully saturated rings. The van der Waals surface area contributed by atoms with Crippen LogP contribution in [0, 0.1) is 16.3 Å². The molecular formula is C27H26F4IN3O. The molecule has 0 unspecified atom stereocenters. The van der Waals surface area contributed by atoms with Crippen LogP contribution in [0.5, 0.6) is 0 Å². The average Bonchev–Trinajstić information content (AvgIpc) is 3.31. The molecule has 4 nitrogen and oxygen atoms in total. The number of alkyl halides is 3. The summed E-state index contributed by atoms with van der Waals surface area (Å²) >= 11 is 2.08. The van der Waals surface area contributed by atoms with Crippen LogP contribution in [0.15, 0.2) is 60.8 Å². The monoisotopic (exact) mass is 611 g/mol. The van der Waals surface area contributed by atoms with Gasteiger partial charge in [-0.3, -0.25) is 4.98 Å². The Kier molecular flexibility index (Phi) is 7.87. The van der Waals surface area contributed by atoms with E-state index in [4.69, 9.17) is 0 Å². The largest absolute Gasteiger partial charge is 0.416 e. The molecule has 2 N–H and O–H groups in total. The number of nitrogens with zero attached hydrogens (tertiary/aromatic N) is 1. The van der Waals surface area contributed by atoms with Crippen molar-refractivity contribution in [1.29, 1.82) is 0 Å². The number of carbonyl (C=O) groups excluding carboxylic acids is 1. The maximum absolute atomic E-state index is 14.7. The van der Waals surface area contributed by atoms with E-state index in [1.807, 2.05) is 31.2 Å². The predicted molar refractivity (Wildman–Crippen MR) is 138 cm³/mol. The average molecular weight is 611 g/mol. The van der Waals surface area contributed by atoms with Crippen molar-refractivity contribution < 1.29 is 22.4 Å². The molecule has 0 aliphatic heterocycles. The summed E-state index contributed by atoms with van der Waals surface area (Å²) in [7, 11) is 0. The molecule has 36 heavy (non-hydrogen) atoms. The van der Waals surface area contributed by atoms with Gasteiger partial charge in [0.15, 0.2) is 0 Å². The minimum Gasteiger partial charge on any atom is -0.335 e. The van der Waals surface area contributed by atoms with Crippen molar-refractivity contribution in [2.24, 2.45) is 0 Å². The summed E-state index contributed by atoms with van der Waals surface area (Å²) < 4.78 is 56.7.